The fourth-order valence-electron chi connectivity index (χ4n) is 6.02. The molecule has 0 aliphatic rings. The first kappa shape index (κ1) is 49.2. The van der Waals surface area contributed by atoms with Gasteiger partial charge in [-0.25, -0.2) is 39.4 Å². The minimum absolute atomic E-state index is 0.0819. The van der Waals surface area contributed by atoms with Crippen LogP contribution in [0.1, 0.15) is 187 Å². The Morgan fingerprint density at radius 3 is 0.941 bits per heavy atom. The maximum Gasteiger partial charge on any atom is 0.313 e. The molecule has 0 saturated heterocycles. The molecule has 0 aromatic heterocycles. The van der Waals surface area contributed by atoms with Gasteiger partial charge in [0.05, 0.1) is 18.2 Å². The standard InChI is InChI=1S/C36H68N6O6S3/c1-2-3-4-5-15-22-29-36(49(43,44)40-33-26-19-12-6-9-16-23-30-37,50(45,46)41-34-27-20-13-7-10-17-24-31-38)51(47,48)42-35-28-21-14-8-11-18-25-32-39/h40-42H,2-29,33-35H2,1H3. The maximum atomic E-state index is 14.2. The Kier molecular flexibility index (Phi) is 29.6. The highest BCUT2D eigenvalue weighted by Gasteiger charge is 2.64. The molecule has 0 heterocycles. The van der Waals surface area contributed by atoms with Gasteiger partial charge in [0.1, 0.15) is 0 Å². The van der Waals surface area contributed by atoms with Crippen molar-refractivity contribution in [3.05, 3.63) is 0 Å². The Morgan fingerprint density at radius 1 is 0.392 bits per heavy atom. The molecule has 0 spiro atoms. The third-order valence-corrected chi connectivity index (χ3v) is 17.9. The smallest absolute Gasteiger partial charge is 0.213 e. The summed E-state index contributed by atoms with van der Waals surface area (Å²) in [5.41, 5.74) is 0. The number of sulfonamides is 3. The average Bonchev–Trinajstić information content (AvgIpc) is 3.08. The van der Waals surface area contributed by atoms with Crippen molar-refractivity contribution in [1.29, 1.82) is 15.8 Å². The van der Waals surface area contributed by atoms with Gasteiger partial charge < -0.3 is 0 Å². The molecule has 3 N–H and O–H groups in total. The lowest BCUT2D eigenvalue weighted by Gasteiger charge is -2.33. The van der Waals surface area contributed by atoms with E-state index in [9.17, 15) is 25.3 Å². The van der Waals surface area contributed by atoms with E-state index >= 15 is 0 Å². The predicted octanol–water partition coefficient (Wildman–Crippen LogP) is 7.91. The van der Waals surface area contributed by atoms with E-state index in [1.807, 2.05) is 0 Å². The summed E-state index contributed by atoms with van der Waals surface area (Å²) in [7, 11) is -14.9. The molecule has 0 unspecified atom stereocenters. The number of hydrogen-bond donors (Lipinski definition) is 3. The van der Waals surface area contributed by atoms with Crippen LogP contribution in [0.15, 0.2) is 0 Å². The molecule has 0 aromatic rings. The van der Waals surface area contributed by atoms with Crippen LogP contribution in [0.4, 0.5) is 0 Å². The Bertz CT molecular complexity index is 1190. The zero-order valence-corrected chi connectivity index (χ0v) is 33.9. The van der Waals surface area contributed by atoms with Crippen molar-refractivity contribution in [3.63, 3.8) is 0 Å². The first-order valence-electron chi connectivity index (χ1n) is 19.6. The van der Waals surface area contributed by atoms with Crippen LogP contribution in [0.3, 0.4) is 0 Å². The Morgan fingerprint density at radius 2 is 0.647 bits per heavy atom. The van der Waals surface area contributed by atoms with E-state index in [1.54, 1.807) is 0 Å². The third kappa shape index (κ3) is 20.9. The molecule has 15 heteroatoms. The van der Waals surface area contributed by atoms with Gasteiger partial charge in [-0.05, 0) is 44.9 Å². The fraction of sp³-hybridized carbons (Fsp3) is 0.917. The first-order chi connectivity index (χ1) is 24.5. The highest BCUT2D eigenvalue weighted by Crippen LogP contribution is 2.36. The van der Waals surface area contributed by atoms with Crippen LogP contribution in [-0.4, -0.2) is 48.3 Å². The van der Waals surface area contributed by atoms with Gasteiger partial charge in [-0.3, -0.25) is 0 Å². The first-order valence-corrected chi connectivity index (χ1v) is 24.0. The SMILES string of the molecule is CCCCCCCCC(S(=O)(=O)NCCCCCCCCC#N)(S(=O)(=O)NCCCCCCCCC#N)S(=O)(=O)NCCCCCCCCC#N. The highest BCUT2D eigenvalue weighted by molar-refractivity contribution is 8.24. The van der Waals surface area contributed by atoms with Gasteiger partial charge >= 0.3 is 3.41 Å². The lowest BCUT2D eigenvalue weighted by atomic mass is 10.1. The molecule has 0 radical (unpaired) electrons. The van der Waals surface area contributed by atoms with Crippen molar-refractivity contribution < 1.29 is 25.3 Å². The van der Waals surface area contributed by atoms with Crippen LogP contribution in [-0.2, 0) is 30.1 Å². The molecular weight excluding hydrogens is 709 g/mol. The third-order valence-electron chi connectivity index (χ3n) is 9.09. The Balaban J connectivity index is 6.02. The van der Waals surface area contributed by atoms with E-state index in [0.29, 0.717) is 64.2 Å². The van der Waals surface area contributed by atoms with Crippen LogP contribution < -0.4 is 14.2 Å². The Hall–Kier alpha value is -1.80. The van der Waals surface area contributed by atoms with Gasteiger partial charge in [0.25, 0.3) is 0 Å². The summed E-state index contributed by atoms with van der Waals surface area (Å²) in [6.07, 6.45) is 18.8. The summed E-state index contributed by atoms with van der Waals surface area (Å²) in [6, 6.07) is 6.35. The van der Waals surface area contributed by atoms with Crippen molar-refractivity contribution in [3.8, 4) is 18.2 Å². The summed E-state index contributed by atoms with van der Waals surface area (Å²) in [6.45, 7) is 1.82. The van der Waals surface area contributed by atoms with Crippen LogP contribution >= 0.6 is 0 Å². The molecule has 0 bridgehead atoms. The largest absolute Gasteiger partial charge is 0.313 e. The molecule has 0 aromatic carbocycles. The summed E-state index contributed by atoms with van der Waals surface area (Å²) < 4.78 is 89.3. The van der Waals surface area contributed by atoms with Crippen LogP contribution in [0.25, 0.3) is 0 Å². The summed E-state index contributed by atoms with van der Waals surface area (Å²) >= 11 is 0. The van der Waals surface area contributed by atoms with E-state index in [1.165, 1.54) is 0 Å². The van der Waals surface area contributed by atoms with Gasteiger partial charge in [0.15, 0.2) is 0 Å². The van der Waals surface area contributed by atoms with Crippen LogP contribution in [0, 0.1) is 34.0 Å². The quantitative estimate of drug-likeness (QED) is 0.0523. The van der Waals surface area contributed by atoms with Crippen molar-refractivity contribution in [2.24, 2.45) is 0 Å². The molecule has 0 saturated carbocycles. The molecule has 296 valence electrons. The predicted molar refractivity (Wildman–Crippen MR) is 205 cm³/mol. The average molecular weight is 777 g/mol. The maximum absolute atomic E-state index is 14.2. The van der Waals surface area contributed by atoms with Gasteiger partial charge in [-0.1, -0.05) is 116 Å². The number of hydrogen-bond acceptors (Lipinski definition) is 9. The minimum Gasteiger partial charge on any atom is -0.213 e. The Labute approximate surface area is 312 Å². The van der Waals surface area contributed by atoms with Crippen LogP contribution in [0.2, 0.25) is 0 Å². The molecule has 0 rings (SSSR count). The molecule has 0 atom stereocenters. The van der Waals surface area contributed by atoms with E-state index in [2.05, 4.69) is 39.3 Å². The van der Waals surface area contributed by atoms with Crippen molar-refractivity contribution in [2.75, 3.05) is 19.6 Å². The number of unbranched alkanes of at least 4 members (excludes halogenated alkanes) is 23. The van der Waals surface area contributed by atoms with Gasteiger partial charge in [-0.2, -0.15) is 15.8 Å². The number of nitriles is 3. The minimum atomic E-state index is -4.96. The lowest BCUT2D eigenvalue weighted by molar-refractivity contribution is 0.503. The van der Waals surface area contributed by atoms with E-state index in [-0.39, 0.29) is 26.1 Å². The molecule has 0 aliphatic carbocycles. The number of rotatable bonds is 37. The topological polar surface area (TPSA) is 210 Å². The molecule has 12 nitrogen and oxygen atoms in total. The second-order valence-electron chi connectivity index (χ2n) is 13.5. The van der Waals surface area contributed by atoms with Gasteiger partial charge in [-0.15, -0.1) is 0 Å². The zero-order valence-electron chi connectivity index (χ0n) is 31.4. The molecule has 51 heavy (non-hydrogen) atoms. The summed E-state index contributed by atoms with van der Waals surface area (Å²) in [5, 5.41) is 26.1. The zero-order chi connectivity index (χ0) is 38.2. The van der Waals surface area contributed by atoms with Gasteiger partial charge in [0, 0.05) is 45.3 Å². The van der Waals surface area contributed by atoms with E-state index < -0.39 is 39.9 Å². The molecule has 0 fully saturated rings. The molecular formula is C36H68N6O6S3. The molecule has 0 aliphatic heterocycles. The summed E-state index contributed by atoms with van der Waals surface area (Å²) in [4.78, 5) is 0. The fourth-order valence-corrected chi connectivity index (χ4v) is 13.7. The lowest BCUT2D eigenvalue weighted by Crippen LogP contribution is -2.63. The summed E-state index contributed by atoms with van der Waals surface area (Å²) in [5.74, 6) is 0. The number of nitrogens with one attached hydrogen (secondary N) is 3. The van der Waals surface area contributed by atoms with E-state index in [0.717, 1.165) is 103 Å². The van der Waals surface area contributed by atoms with Gasteiger partial charge in [0.2, 0.25) is 30.1 Å². The van der Waals surface area contributed by atoms with Crippen LogP contribution in [0.5, 0.6) is 0 Å². The van der Waals surface area contributed by atoms with Crippen molar-refractivity contribution in [1.82, 2.24) is 14.2 Å². The monoisotopic (exact) mass is 776 g/mol. The van der Waals surface area contributed by atoms with Crippen molar-refractivity contribution >= 4 is 30.1 Å². The normalized spacial score (nSPS) is 12.4. The molecule has 0 amide bonds. The number of nitrogens with zero attached hydrogens (tertiary/aromatic N) is 3. The second-order valence-corrected chi connectivity index (χ2v) is 20.2. The van der Waals surface area contributed by atoms with E-state index in [4.69, 9.17) is 15.8 Å². The highest BCUT2D eigenvalue weighted by atomic mass is 32.3. The van der Waals surface area contributed by atoms with Crippen molar-refractivity contribution in [2.45, 2.75) is 190 Å². The second kappa shape index (κ2) is 30.6.